The van der Waals surface area contributed by atoms with Crippen molar-refractivity contribution in [3.8, 4) is 0 Å². The molecular formula is C14H17F2NO2. The van der Waals surface area contributed by atoms with Crippen LogP contribution >= 0.6 is 0 Å². The first kappa shape index (κ1) is 13.9. The van der Waals surface area contributed by atoms with Crippen LogP contribution in [-0.2, 0) is 4.79 Å². The van der Waals surface area contributed by atoms with Crippen molar-refractivity contribution in [3.63, 3.8) is 0 Å². The number of aliphatic carboxylic acids is 1. The number of carbonyl (C=O) groups is 1. The lowest BCUT2D eigenvalue weighted by atomic mass is 9.90. The molecule has 1 aliphatic heterocycles. The Balaban J connectivity index is 2.17. The summed E-state index contributed by atoms with van der Waals surface area (Å²) in [5.74, 6) is -2.04. The summed E-state index contributed by atoms with van der Waals surface area (Å²) in [5.41, 5.74) is -0.243. The fourth-order valence-electron chi connectivity index (χ4n) is 2.53. The van der Waals surface area contributed by atoms with E-state index in [0.29, 0.717) is 25.1 Å². The van der Waals surface area contributed by atoms with Gasteiger partial charge in [-0.2, -0.15) is 0 Å². The maximum absolute atomic E-state index is 13.2. The first-order valence-corrected chi connectivity index (χ1v) is 6.25. The van der Waals surface area contributed by atoms with Gasteiger partial charge < -0.3 is 5.11 Å². The maximum Gasteiger partial charge on any atom is 0.310 e. The first-order chi connectivity index (χ1) is 8.82. The molecule has 1 aliphatic rings. The van der Waals surface area contributed by atoms with Crippen LogP contribution in [0, 0.1) is 17.0 Å². The molecule has 104 valence electrons. The lowest BCUT2D eigenvalue weighted by Crippen LogP contribution is -2.33. The molecule has 19 heavy (non-hydrogen) atoms. The van der Waals surface area contributed by atoms with Gasteiger partial charge in [0.25, 0.3) is 0 Å². The molecule has 0 bridgehead atoms. The number of halogens is 2. The Bertz CT molecular complexity index is 486. The molecule has 5 heteroatoms. The Morgan fingerprint density at radius 3 is 2.42 bits per heavy atom. The number of nitrogens with zero attached hydrogens (tertiary/aromatic N) is 1. The fourth-order valence-corrected chi connectivity index (χ4v) is 2.53. The van der Waals surface area contributed by atoms with Crippen LogP contribution in [0.25, 0.3) is 0 Å². The number of carboxylic acids is 1. The summed E-state index contributed by atoms with van der Waals surface area (Å²) in [5, 5.41) is 9.18. The molecule has 1 aromatic carbocycles. The SMILES string of the molecule is CC(c1cc(F)cc(F)c1)N1CCC(C)(C(=O)O)C1. The Kier molecular flexibility index (Phi) is 3.58. The van der Waals surface area contributed by atoms with Crippen molar-refractivity contribution in [2.45, 2.75) is 26.3 Å². The van der Waals surface area contributed by atoms with Gasteiger partial charge in [0, 0.05) is 18.7 Å². The van der Waals surface area contributed by atoms with Gasteiger partial charge in [0.05, 0.1) is 5.41 Å². The Labute approximate surface area is 110 Å². The summed E-state index contributed by atoms with van der Waals surface area (Å²) in [4.78, 5) is 13.1. The van der Waals surface area contributed by atoms with E-state index in [2.05, 4.69) is 0 Å². The van der Waals surface area contributed by atoms with E-state index in [1.165, 1.54) is 12.1 Å². The van der Waals surface area contributed by atoms with Crippen LogP contribution < -0.4 is 0 Å². The van der Waals surface area contributed by atoms with Crippen molar-refractivity contribution >= 4 is 5.97 Å². The van der Waals surface area contributed by atoms with E-state index < -0.39 is 23.0 Å². The molecule has 1 saturated heterocycles. The molecule has 2 rings (SSSR count). The third kappa shape index (κ3) is 2.76. The highest BCUT2D eigenvalue weighted by Gasteiger charge is 2.41. The van der Waals surface area contributed by atoms with Crippen LogP contribution in [0.5, 0.6) is 0 Å². The van der Waals surface area contributed by atoms with E-state index in [1.807, 2.05) is 11.8 Å². The van der Waals surface area contributed by atoms with Crippen LogP contribution in [0.1, 0.15) is 31.9 Å². The van der Waals surface area contributed by atoms with Crippen LogP contribution in [0.15, 0.2) is 18.2 Å². The zero-order chi connectivity index (χ0) is 14.2. The van der Waals surface area contributed by atoms with Gasteiger partial charge in [-0.05, 0) is 44.5 Å². The third-order valence-electron chi connectivity index (χ3n) is 3.93. The molecule has 2 unspecified atom stereocenters. The molecule has 1 fully saturated rings. The van der Waals surface area contributed by atoms with Gasteiger partial charge in [0.1, 0.15) is 11.6 Å². The second kappa shape index (κ2) is 4.89. The maximum atomic E-state index is 13.2. The summed E-state index contributed by atoms with van der Waals surface area (Å²) >= 11 is 0. The predicted molar refractivity (Wildman–Crippen MR) is 66.7 cm³/mol. The lowest BCUT2D eigenvalue weighted by Gasteiger charge is -2.26. The van der Waals surface area contributed by atoms with E-state index in [-0.39, 0.29) is 6.04 Å². The molecule has 1 N–H and O–H groups in total. The van der Waals surface area contributed by atoms with Crippen LogP contribution in [0.3, 0.4) is 0 Å². The topological polar surface area (TPSA) is 40.5 Å². The highest BCUT2D eigenvalue weighted by Crippen LogP contribution is 2.35. The van der Waals surface area contributed by atoms with Crippen molar-refractivity contribution in [1.82, 2.24) is 4.90 Å². The average molecular weight is 269 g/mol. The van der Waals surface area contributed by atoms with E-state index in [9.17, 15) is 18.7 Å². The molecular weight excluding hydrogens is 252 g/mol. The fraction of sp³-hybridized carbons (Fsp3) is 0.500. The summed E-state index contributed by atoms with van der Waals surface area (Å²) in [6.07, 6.45) is 0.546. The Morgan fingerprint density at radius 1 is 1.37 bits per heavy atom. The lowest BCUT2D eigenvalue weighted by molar-refractivity contribution is -0.147. The van der Waals surface area contributed by atoms with Crippen molar-refractivity contribution in [1.29, 1.82) is 0 Å². The highest BCUT2D eigenvalue weighted by molar-refractivity contribution is 5.74. The van der Waals surface area contributed by atoms with Crippen molar-refractivity contribution in [2.75, 3.05) is 13.1 Å². The van der Waals surface area contributed by atoms with Crippen molar-refractivity contribution in [3.05, 3.63) is 35.4 Å². The van der Waals surface area contributed by atoms with Gasteiger partial charge in [-0.25, -0.2) is 8.78 Å². The molecule has 0 radical (unpaired) electrons. The number of carboxylic acid groups (broad SMARTS) is 1. The molecule has 0 aromatic heterocycles. The summed E-state index contributed by atoms with van der Waals surface area (Å²) in [6, 6.07) is 3.22. The van der Waals surface area contributed by atoms with Crippen LogP contribution in [0.4, 0.5) is 8.78 Å². The number of benzene rings is 1. The molecule has 0 spiro atoms. The van der Waals surface area contributed by atoms with Gasteiger partial charge in [-0.15, -0.1) is 0 Å². The summed E-state index contributed by atoms with van der Waals surface area (Å²) < 4.78 is 26.4. The second-order valence-electron chi connectivity index (χ2n) is 5.47. The van der Waals surface area contributed by atoms with Gasteiger partial charge in [0.15, 0.2) is 0 Å². The largest absolute Gasteiger partial charge is 0.481 e. The van der Waals surface area contributed by atoms with Crippen LogP contribution in [0.2, 0.25) is 0 Å². The molecule has 0 saturated carbocycles. The summed E-state index contributed by atoms with van der Waals surface area (Å²) in [6.45, 7) is 4.54. The monoisotopic (exact) mass is 269 g/mol. The van der Waals surface area contributed by atoms with E-state index in [0.717, 1.165) is 6.07 Å². The number of hydrogen-bond donors (Lipinski definition) is 1. The zero-order valence-electron chi connectivity index (χ0n) is 11.0. The molecule has 0 aliphatic carbocycles. The standard InChI is InChI=1S/C14H17F2NO2/c1-9(10-5-11(15)7-12(16)6-10)17-4-3-14(2,8-17)13(18)19/h5-7,9H,3-4,8H2,1-2H3,(H,18,19). The number of hydrogen-bond acceptors (Lipinski definition) is 2. The third-order valence-corrected chi connectivity index (χ3v) is 3.93. The number of likely N-dealkylation sites (tertiary alicyclic amines) is 1. The first-order valence-electron chi connectivity index (χ1n) is 6.25. The molecule has 3 nitrogen and oxygen atoms in total. The molecule has 1 aromatic rings. The minimum atomic E-state index is -0.826. The minimum Gasteiger partial charge on any atom is -0.481 e. The number of rotatable bonds is 3. The molecule has 1 heterocycles. The van der Waals surface area contributed by atoms with Gasteiger partial charge in [-0.3, -0.25) is 9.69 Å². The van der Waals surface area contributed by atoms with E-state index in [4.69, 9.17) is 0 Å². The van der Waals surface area contributed by atoms with E-state index >= 15 is 0 Å². The average Bonchev–Trinajstić information content (AvgIpc) is 2.71. The normalized spacial score (nSPS) is 25.5. The van der Waals surface area contributed by atoms with E-state index in [1.54, 1.807) is 6.92 Å². The van der Waals surface area contributed by atoms with Gasteiger partial charge in [0.2, 0.25) is 0 Å². The Hall–Kier alpha value is -1.49. The second-order valence-corrected chi connectivity index (χ2v) is 5.47. The minimum absolute atomic E-state index is 0.202. The highest BCUT2D eigenvalue weighted by atomic mass is 19.1. The van der Waals surface area contributed by atoms with Crippen LogP contribution in [-0.4, -0.2) is 29.1 Å². The molecule has 0 amide bonds. The van der Waals surface area contributed by atoms with Gasteiger partial charge in [-0.1, -0.05) is 0 Å². The summed E-state index contributed by atoms with van der Waals surface area (Å²) in [7, 11) is 0. The molecule has 2 atom stereocenters. The van der Waals surface area contributed by atoms with Gasteiger partial charge >= 0.3 is 5.97 Å². The smallest absolute Gasteiger partial charge is 0.310 e. The zero-order valence-corrected chi connectivity index (χ0v) is 11.0. The quantitative estimate of drug-likeness (QED) is 0.917. The Morgan fingerprint density at radius 2 is 1.95 bits per heavy atom. The van der Waals surface area contributed by atoms with Crippen molar-refractivity contribution < 1.29 is 18.7 Å². The van der Waals surface area contributed by atoms with Crippen molar-refractivity contribution in [2.24, 2.45) is 5.41 Å². The predicted octanol–water partition coefficient (Wildman–Crippen LogP) is 2.82.